The Morgan fingerprint density at radius 2 is 0.700 bits per heavy atom. The molecule has 0 saturated carbocycles. The van der Waals surface area contributed by atoms with E-state index in [1.54, 1.807) is 0 Å². The van der Waals surface area contributed by atoms with Gasteiger partial charge in [-0.3, -0.25) is 0 Å². The minimum Gasteiger partial charge on any atom is -0.310 e. The fourth-order valence-electron chi connectivity index (χ4n) is 6.94. The second kappa shape index (κ2) is 13.0. The molecule has 0 saturated heterocycles. The summed E-state index contributed by atoms with van der Waals surface area (Å²) in [6, 6.07) is 72.3. The lowest BCUT2D eigenvalue weighted by Crippen LogP contribution is -2.10. The smallest absolute Gasteiger partial charge is 0.0467 e. The number of rotatable bonds is 7. The molecule has 0 atom stereocenters. The van der Waals surface area contributed by atoms with Gasteiger partial charge < -0.3 is 4.90 Å². The second-order valence-electron chi connectivity index (χ2n) is 12.6. The molecule has 0 aliphatic rings. The van der Waals surface area contributed by atoms with Gasteiger partial charge in [-0.2, -0.15) is 0 Å². The van der Waals surface area contributed by atoms with Crippen LogP contribution in [0.3, 0.4) is 0 Å². The van der Waals surface area contributed by atoms with Crippen molar-refractivity contribution in [1.29, 1.82) is 0 Å². The summed E-state index contributed by atoms with van der Waals surface area (Å²) < 4.78 is 2.66. The minimum atomic E-state index is 1.11. The topological polar surface area (TPSA) is 3.24 Å². The van der Waals surface area contributed by atoms with Crippen LogP contribution >= 0.6 is 11.3 Å². The molecule has 0 N–H and O–H groups in total. The highest BCUT2D eigenvalue weighted by Crippen LogP contribution is 2.40. The molecule has 1 aromatic heterocycles. The van der Waals surface area contributed by atoms with Gasteiger partial charge in [-0.05, 0) is 105 Å². The summed E-state index contributed by atoms with van der Waals surface area (Å²) in [5.41, 5.74) is 13.0. The van der Waals surface area contributed by atoms with Crippen LogP contribution in [-0.2, 0) is 0 Å². The fourth-order valence-corrected chi connectivity index (χ4v) is 8.03. The third-order valence-electron chi connectivity index (χ3n) is 9.45. The predicted molar refractivity (Wildman–Crippen MR) is 216 cm³/mol. The molecule has 9 aromatic rings. The van der Waals surface area contributed by atoms with Gasteiger partial charge in [-0.25, -0.2) is 0 Å². The number of benzene rings is 8. The van der Waals surface area contributed by atoms with Crippen molar-refractivity contribution in [3.8, 4) is 44.5 Å². The van der Waals surface area contributed by atoms with Crippen molar-refractivity contribution in [2.24, 2.45) is 0 Å². The molecular formula is C48H33NS. The van der Waals surface area contributed by atoms with E-state index in [1.165, 1.54) is 64.7 Å². The monoisotopic (exact) mass is 655 g/mol. The van der Waals surface area contributed by atoms with Crippen LogP contribution in [0.25, 0.3) is 64.7 Å². The van der Waals surface area contributed by atoms with Crippen LogP contribution in [0.5, 0.6) is 0 Å². The van der Waals surface area contributed by atoms with Crippen molar-refractivity contribution in [3.05, 3.63) is 200 Å². The van der Waals surface area contributed by atoms with Gasteiger partial charge in [0.25, 0.3) is 0 Å². The maximum absolute atomic E-state index is 2.36. The zero-order chi connectivity index (χ0) is 33.3. The number of thiophene rings is 1. The molecule has 2 heteroatoms. The Hall–Kier alpha value is -6.22. The molecule has 236 valence electrons. The van der Waals surface area contributed by atoms with E-state index in [0.29, 0.717) is 0 Å². The van der Waals surface area contributed by atoms with Gasteiger partial charge in [0.15, 0.2) is 0 Å². The molecule has 0 aliphatic heterocycles. The number of anilines is 3. The first-order valence-electron chi connectivity index (χ1n) is 17.0. The molecule has 9 rings (SSSR count). The van der Waals surface area contributed by atoms with Gasteiger partial charge in [0, 0.05) is 37.2 Å². The van der Waals surface area contributed by atoms with Crippen molar-refractivity contribution in [2.45, 2.75) is 0 Å². The van der Waals surface area contributed by atoms with Crippen molar-refractivity contribution < 1.29 is 0 Å². The molecule has 0 amide bonds. The van der Waals surface area contributed by atoms with Gasteiger partial charge in [0.05, 0.1) is 0 Å². The third-order valence-corrected chi connectivity index (χ3v) is 10.6. The normalized spacial score (nSPS) is 11.2. The zero-order valence-electron chi connectivity index (χ0n) is 27.4. The van der Waals surface area contributed by atoms with E-state index in [4.69, 9.17) is 0 Å². The van der Waals surface area contributed by atoms with Crippen molar-refractivity contribution >= 4 is 48.6 Å². The van der Waals surface area contributed by atoms with E-state index in [-0.39, 0.29) is 0 Å². The molecule has 0 spiro atoms. The van der Waals surface area contributed by atoms with E-state index in [9.17, 15) is 0 Å². The second-order valence-corrected chi connectivity index (χ2v) is 13.7. The molecule has 0 fully saturated rings. The number of hydrogen-bond donors (Lipinski definition) is 0. The van der Waals surface area contributed by atoms with E-state index < -0.39 is 0 Å². The molecule has 0 unspecified atom stereocenters. The Bertz CT molecular complexity index is 2500. The predicted octanol–water partition coefficient (Wildman–Crippen LogP) is 14.2. The Morgan fingerprint density at radius 3 is 1.34 bits per heavy atom. The average molecular weight is 656 g/mol. The van der Waals surface area contributed by atoms with Crippen LogP contribution in [0, 0.1) is 0 Å². The first-order chi connectivity index (χ1) is 24.8. The summed E-state index contributed by atoms with van der Waals surface area (Å²) >= 11 is 1.86. The lowest BCUT2D eigenvalue weighted by molar-refractivity contribution is 1.28. The molecule has 8 aromatic carbocycles. The largest absolute Gasteiger partial charge is 0.310 e. The first kappa shape index (κ1) is 29.9. The van der Waals surface area contributed by atoms with Gasteiger partial charge in [0.2, 0.25) is 0 Å². The summed E-state index contributed by atoms with van der Waals surface area (Å²) in [7, 11) is 0. The molecule has 1 nitrogen and oxygen atoms in total. The van der Waals surface area contributed by atoms with Gasteiger partial charge in [-0.1, -0.05) is 140 Å². The maximum Gasteiger partial charge on any atom is 0.0467 e. The Morgan fingerprint density at radius 1 is 0.260 bits per heavy atom. The average Bonchev–Trinajstić information content (AvgIpc) is 3.57. The van der Waals surface area contributed by atoms with Gasteiger partial charge in [-0.15, -0.1) is 11.3 Å². The van der Waals surface area contributed by atoms with Gasteiger partial charge in [0.1, 0.15) is 0 Å². The number of hydrogen-bond acceptors (Lipinski definition) is 2. The Kier molecular flexibility index (Phi) is 7.77. The summed E-state index contributed by atoms with van der Waals surface area (Å²) in [4.78, 5) is 2.36. The van der Waals surface area contributed by atoms with Crippen LogP contribution in [0.4, 0.5) is 17.1 Å². The molecule has 0 aliphatic carbocycles. The van der Waals surface area contributed by atoms with Crippen LogP contribution in [-0.4, -0.2) is 0 Å². The van der Waals surface area contributed by atoms with Crippen molar-refractivity contribution in [3.63, 3.8) is 0 Å². The molecule has 1 heterocycles. The van der Waals surface area contributed by atoms with Crippen LogP contribution in [0.1, 0.15) is 0 Å². The SMILES string of the molecule is c1ccc(-c2cccc(N(c3ccc(-c4cccc(-c5ccc6sc7ccccc7c6c5)c4)cc3)c3cccc(-c4ccccc4)c3)c2)cc1. The highest BCUT2D eigenvalue weighted by Gasteiger charge is 2.15. The van der Waals surface area contributed by atoms with E-state index in [1.807, 2.05) is 11.3 Å². The summed E-state index contributed by atoms with van der Waals surface area (Å²) in [5, 5.41) is 2.65. The fraction of sp³-hybridized carbons (Fsp3) is 0. The molecular weight excluding hydrogens is 623 g/mol. The Labute approximate surface area is 297 Å². The summed E-state index contributed by atoms with van der Waals surface area (Å²) in [5.74, 6) is 0. The summed E-state index contributed by atoms with van der Waals surface area (Å²) in [6.45, 7) is 0. The number of fused-ring (bicyclic) bond motifs is 3. The quantitative estimate of drug-likeness (QED) is 0.165. The highest BCUT2D eigenvalue weighted by atomic mass is 32.1. The highest BCUT2D eigenvalue weighted by molar-refractivity contribution is 7.25. The van der Waals surface area contributed by atoms with E-state index >= 15 is 0 Å². The maximum atomic E-state index is 2.36. The minimum absolute atomic E-state index is 1.11. The molecule has 0 radical (unpaired) electrons. The molecule has 50 heavy (non-hydrogen) atoms. The lowest BCUT2D eigenvalue weighted by atomic mass is 9.97. The third kappa shape index (κ3) is 5.77. The first-order valence-corrected chi connectivity index (χ1v) is 17.8. The van der Waals surface area contributed by atoms with E-state index in [2.05, 4.69) is 205 Å². The van der Waals surface area contributed by atoms with E-state index in [0.717, 1.165) is 17.1 Å². The molecule has 0 bridgehead atoms. The van der Waals surface area contributed by atoms with Crippen molar-refractivity contribution in [2.75, 3.05) is 4.90 Å². The van der Waals surface area contributed by atoms with Crippen LogP contribution in [0.15, 0.2) is 200 Å². The van der Waals surface area contributed by atoms with Crippen molar-refractivity contribution in [1.82, 2.24) is 0 Å². The Balaban J connectivity index is 1.10. The summed E-state index contributed by atoms with van der Waals surface area (Å²) in [6.07, 6.45) is 0. The van der Waals surface area contributed by atoms with Crippen LogP contribution < -0.4 is 4.90 Å². The number of nitrogens with zero attached hydrogens (tertiary/aromatic N) is 1. The zero-order valence-corrected chi connectivity index (χ0v) is 28.2. The van der Waals surface area contributed by atoms with Crippen LogP contribution in [0.2, 0.25) is 0 Å². The lowest BCUT2D eigenvalue weighted by Gasteiger charge is -2.27. The standard InChI is InChI=1S/C48H33NS/c1-3-12-34(13-4-1)39-18-10-20-43(31-39)49(44-21-11-19-40(32-44)35-14-5-2-6-15-35)42-27-24-36(25-28-42)37-16-9-17-38(30-37)41-26-29-48-46(33-41)45-22-7-8-23-47(45)50-48/h1-33H. The van der Waals surface area contributed by atoms with Gasteiger partial charge >= 0.3 is 0 Å².